The summed E-state index contributed by atoms with van der Waals surface area (Å²) in [6.07, 6.45) is -0.582. The van der Waals surface area contributed by atoms with Crippen molar-refractivity contribution in [2.24, 2.45) is 0 Å². The van der Waals surface area contributed by atoms with E-state index < -0.39 is 6.29 Å². The molecule has 1 aromatic rings. The SMILES string of the molecule is CCc1ccc(C(=O)NCC(O)O)cc1. The lowest BCUT2D eigenvalue weighted by Gasteiger charge is -2.06. The maximum Gasteiger partial charge on any atom is 0.251 e. The third-order valence-corrected chi connectivity index (χ3v) is 2.07. The average molecular weight is 209 g/mol. The Morgan fingerprint density at radius 1 is 1.33 bits per heavy atom. The van der Waals surface area contributed by atoms with Gasteiger partial charge in [-0.1, -0.05) is 19.1 Å². The molecule has 1 amide bonds. The van der Waals surface area contributed by atoms with Crippen LogP contribution in [0.5, 0.6) is 0 Å². The Labute approximate surface area is 88.6 Å². The van der Waals surface area contributed by atoms with Gasteiger partial charge < -0.3 is 15.5 Å². The molecule has 0 atom stereocenters. The molecule has 15 heavy (non-hydrogen) atoms. The van der Waals surface area contributed by atoms with Crippen molar-refractivity contribution < 1.29 is 15.0 Å². The molecule has 0 unspecified atom stereocenters. The molecule has 3 N–H and O–H groups in total. The van der Waals surface area contributed by atoms with Crippen LogP contribution >= 0.6 is 0 Å². The number of amides is 1. The summed E-state index contributed by atoms with van der Waals surface area (Å²) in [5.74, 6) is -0.300. The van der Waals surface area contributed by atoms with Gasteiger partial charge in [-0.15, -0.1) is 0 Å². The van der Waals surface area contributed by atoms with Crippen LogP contribution in [-0.4, -0.2) is 29.0 Å². The van der Waals surface area contributed by atoms with Gasteiger partial charge in [-0.05, 0) is 24.1 Å². The Morgan fingerprint density at radius 2 is 1.93 bits per heavy atom. The molecule has 1 aromatic carbocycles. The van der Waals surface area contributed by atoms with Crippen LogP contribution in [0.1, 0.15) is 22.8 Å². The van der Waals surface area contributed by atoms with Gasteiger partial charge in [-0.2, -0.15) is 0 Å². The van der Waals surface area contributed by atoms with E-state index in [4.69, 9.17) is 10.2 Å². The number of aliphatic hydroxyl groups excluding tert-OH is 1. The fourth-order valence-electron chi connectivity index (χ4n) is 1.18. The summed E-state index contributed by atoms with van der Waals surface area (Å²) in [5, 5.41) is 19.5. The van der Waals surface area contributed by atoms with E-state index in [0.29, 0.717) is 5.56 Å². The highest BCUT2D eigenvalue weighted by molar-refractivity contribution is 5.94. The van der Waals surface area contributed by atoms with Gasteiger partial charge in [-0.25, -0.2) is 0 Å². The topological polar surface area (TPSA) is 69.6 Å². The molecule has 0 fully saturated rings. The summed E-state index contributed by atoms with van der Waals surface area (Å²) in [6.45, 7) is 1.88. The molecule has 0 aliphatic rings. The molecule has 0 aliphatic heterocycles. The van der Waals surface area contributed by atoms with Crippen LogP contribution in [0, 0.1) is 0 Å². The second kappa shape index (κ2) is 5.48. The monoisotopic (exact) mass is 209 g/mol. The highest BCUT2D eigenvalue weighted by Crippen LogP contribution is 2.04. The molecule has 0 bridgehead atoms. The molecule has 0 aliphatic carbocycles. The van der Waals surface area contributed by atoms with Crippen molar-refractivity contribution in [2.75, 3.05) is 6.54 Å². The fraction of sp³-hybridized carbons (Fsp3) is 0.364. The van der Waals surface area contributed by atoms with Gasteiger partial charge in [-0.3, -0.25) is 4.79 Å². The molecule has 82 valence electrons. The third kappa shape index (κ3) is 3.69. The third-order valence-electron chi connectivity index (χ3n) is 2.07. The molecule has 4 heteroatoms. The van der Waals surface area contributed by atoms with E-state index in [2.05, 4.69) is 5.32 Å². The van der Waals surface area contributed by atoms with Gasteiger partial charge in [0.15, 0.2) is 6.29 Å². The summed E-state index contributed by atoms with van der Waals surface area (Å²) in [7, 11) is 0. The second-order valence-electron chi connectivity index (χ2n) is 3.24. The number of nitrogens with one attached hydrogen (secondary N) is 1. The van der Waals surface area contributed by atoms with Crippen molar-refractivity contribution >= 4 is 5.91 Å². The van der Waals surface area contributed by atoms with Crippen LogP contribution in [0.2, 0.25) is 0 Å². The van der Waals surface area contributed by atoms with Gasteiger partial charge in [0.1, 0.15) is 0 Å². The first kappa shape index (κ1) is 11.7. The van der Waals surface area contributed by atoms with E-state index in [1.807, 2.05) is 19.1 Å². The molecule has 0 aromatic heterocycles. The number of carbonyl (C=O) groups excluding carboxylic acids is 1. The zero-order valence-electron chi connectivity index (χ0n) is 8.60. The largest absolute Gasteiger partial charge is 0.367 e. The van der Waals surface area contributed by atoms with Crippen LogP contribution in [0.25, 0.3) is 0 Å². The van der Waals surface area contributed by atoms with E-state index >= 15 is 0 Å². The van der Waals surface area contributed by atoms with Gasteiger partial charge >= 0.3 is 0 Å². The lowest BCUT2D eigenvalue weighted by Crippen LogP contribution is -2.31. The minimum Gasteiger partial charge on any atom is -0.367 e. The maximum atomic E-state index is 11.4. The van der Waals surface area contributed by atoms with Gasteiger partial charge in [0.05, 0.1) is 6.54 Å². The second-order valence-corrected chi connectivity index (χ2v) is 3.24. The minimum atomic E-state index is -1.51. The molecule has 1 rings (SSSR count). The van der Waals surface area contributed by atoms with E-state index in [9.17, 15) is 4.79 Å². The number of hydrogen-bond donors (Lipinski definition) is 3. The Kier molecular flexibility index (Phi) is 4.27. The number of hydrogen-bond acceptors (Lipinski definition) is 3. The standard InChI is InChI=1S/C11H15NO3/c1-2-8-3-5-9(6-4-8)11(15)12-7-10(13)14/h3-6,10,13-14H,2,7H2,1H3,(H,12,15). The van der Waals surface area contributed by atoms with Crippen molar-refractivity contribution in [3.8, 4) is 0 Å². The van der Waals surface area contributed by atoms with Crippen molar-refractivity contribution in [1.29, 1.82) is 0 Å². The van der Waals surface area contributed by atoms with E-state index in [0.717, 1.165) is 12.0 Å². The van der Waals surface area contributed by atoms with Gasteiger partial charge in [0.25, 0.3) is 5.91 Å². The fourth-order valence-corrected chi connectivity index (χ4v) is 1.18. The van der Waals surface area contributed by atoms with Crippen LogP contribution < -0.4 is 5.32 Å². The zero-order chi connectivity index (χ0) is 11.3. The van der Waals surface area contributed by atoms with E-state index in [-0.39, 0.29) is 12.5 Å². The Hall–Kier alpha value is -1.39. The normalized spacial score (nSPS) is 10.4. The Bertz CT molecular complexity index is 319. The predicted octanol–water partition coefficient (Wildman–Crippen LogP) is 0.289. The number of aliphatic hydroxyl groups is 2. The smallest absolute Gasteiger partial charge is 0.251 e. The molecule has 4 nitrogen and oxygen atoms in total. The average Bonchev–Trinajstić information content (AvgIpc) is 2.26. The van der Waals surface area contributed by atoms with Crippen molar-refractivity contribution in [3.05, 3.63) is 35.4 Å². The number of carbonyl (C=O) groups is 1. The first-order valence-corrected chi connectivity index (χ1v) is 4.86. The number of aryl methyl sites for hydroxylation is 1. The van der Waals surface area contributed by atoms with Crippen LogP contribution in [0.15, 0.2) is 24.3 Å². The highest BCUT2D eigenvalue weighted by Gasteiger charge is 2.06. The quantitative estimate of drug-likeness (QED) is 0.624. The van der Waals surface area contributed by atoms with Crippen LogP contribution in [0.4, 0.5) is 0 Å². The molecule has 0 radical (unpaired) electrons. The van der Waals surface area contributed by atoms with Crippen LogP contribution in [0.3, 0.4) is 0 Å². The molecule has 0 spiro atoms. The van der Waals surface area contributed by atoms with Crippen molar-refractivity contribution in [1.82, 2.24) is 5.32 Å². The molecular formula is C11H15NO3. The Balaban J connectivity index is 2.58. The van der Waals surface area contributed by atoms with Gasteiger partial charge in [0, 0.05) is 5.56 Å². The molecule has 0 saturated heterocycles. The summed E-state index contributed by atoms with van der Waals surface area (Å²) < 4.78 is 0. The minimum absolute atomic E-state index is 0.158. The molecular weight excluding hydrogens is 194 g/mol. The first-order valence-electron chi connectivity index (χ1n) is 4.86. The summed E-state index contributed by atoms with van der Waals surface area (Å²) in [5.41, 5.74) is 1.68. The highest BCUT2D eigenvalue weighted by atomic mass is 16.5. The lowest BCUT2D eigenvalue weighted by atomic mass is 10.1. The maximum absolute atomic E-state index is 11.4. The van der Waals surface area contributed by atoms with E-state index in [1.54, 1.807) is 12.1 Å². The van der Waals surface area contributed by atoms with Crippen LogP contribution in [-0.2, 0) is 6.42 Å². The molecule has 0 saturated carbocycles. The zero-order valence-corrected chi connectivity index (χ0v) is 8.60. The predicted molar refractivity (Wildman–Crippen MR) is 56.4 cm³/mol. The van der Waals surface area contributed by atoms with E-state index in [1.165, 1.54) is 0 Å². The summed E-state index contributed by atoms with van der Waals surface area (Å²) in [6, 6.07) is 7.20. The van der Waals surface area contributed by atoms with Crippen molar-refractivity contribution in [3.63, 3.8) is 0 Å². The summed E-state index contributed by atoms with van der Waals surface area (Å²) in [4.78, 5) is 11.4. The van der Waals surface area contributed by atoms with Gasteiger partial charge in [0.2, 0.25) is 0 Å². The Morgan fingerprint density at radius 3 is 2.40 bits per heavy atom. The first-order chi connectivity index (χ1) is 7.13. The van der Waals surface area contributed by atoms with Crippen molar-refractivity contribution in [2.45, 2.75) is 19.6 Å². The number of benzene rings is 1. The summed E-state index contributed by atoms with van der Waals surface area (Å²) >= 11 is 0. The number of rotatable bonds is 4. The molecule has 0 heterocycles. The lowest BCUT2D eigenvalue weighted by molar-refractivity contribution is -0.0361.